The number of sulfonamides is 1. The van der Waals surface area contributed by atoms with E-state index in [1.54, 1.807) is 13.8 Å². The van der Waals surface area contributed by atoms with Crippen LogP contribution in [-0.4, -0.2) is 42.0 Å². The largest absolute Gasteiger partial charge is 0.389 e. The summed E-state index contributed by atoms with van der Waals surface area (Å²) in [6, 6.07) is 1.48. The fourth-order valence-electron chi connectivity index (χ4n) is 1.34. The highest BCUT2D eigenvalue weighted by molar-refractivity contribution is 9.10. The second-order valence-electron chi connectivity index (χ2n) is 4.41. The third-order valence-corrected chi connectivity index (χ3v) is 4.20. The first kappa shape index (κ1) is 14.6. The van der Waals surface area contributed by atoms with Crippen molar-refractivity contribution in [2.75, 3.05) is 13.6 Å². The second-order valence-corrected chi connectivity index (χ2v) is 7.37. The zero-order chi connectivity index (χ0) is 13.3. The van der Waals surface area contributed by atoms with Gasteiger partial charge in [0.2, 0.25) is 10.0 Å². The Balaban J connectivity index is 3.04. The van der Waals surface area contributed by atoms with Gasteiger partial charge in [0.1, 0.15) is 4.90 Å². The minimum Gasteiger partial charge on any atom is -0.389 e. The fraction of sp³-hybridized carbons (Fsp3) is 0.500. The van der Waals surface area contributed by atoms with E-state index >= 15 is 0 Å². The van der Waals surface area contributed by atoms with Crippen LogP contribution in [0.1, 0.15) is 13.8 Å². The van der Waals surface area contributed by atoms with E-state index in [2.05, 4.69) is 20.9 Å². The summed E-state index contributed by atoms with van der Waals surface area (Å²) in [5.41, 5.74) is -1.08. The molecule has 0 radical (unpaired) electrons. The van der Waals surface area contributed by atoms with Crippen LogP contribution >= 0.6 is 15.9 Å². The number of nitrogens with zero attached hydrogens (tertiary/aromatic N) is 2. The third kappa shape index (κ3) is 4.02. The van der Waals surface area contributed by atoms with Crippen molar-refractivity contribution < 1.29 is 13.5 Å². The molecule has 0 unspecified atom stereocenters. The molecule has 7 heteroatoms. The molecule has 0 saturated heterocycles. The van der Waals surface area contributed by atoms with Crippen molar-refractivity contribution in [3.05, 3.63) is 22.9 Å². The fourth-order valence-corrected chi connectivity index (χ4v) is 3.18. The highest BCUT2D eigenvalue weighted by Crippen LogP contribution is 2.19. The van der Waals surface area contributed by atoms with Crippen LogP contribution in [-0.2, 0) is 10.0 Å². The second kappa shape index (κ2) is 5.01. The van der Waals surface area contributed by atoms with Gasteiger partial charge in [-0.2, -0.15) is 4.31 Å². The van der Waals surface area contributed by atoms with Crippen molar-refractivity contribution in [1.29, 1.82) is 0 Å². The molecule has 0 aliphatic carbocycles. The van der Waals surface area contributed by atoms with Crippen LogP contribution in [0, 0.1) is 0 Å². The monoisotopic (exact) mass is 322 g/mol. The molecule has 0 spiro atoms. The van der Waals surface area contributed by atoms with Crippen molar-refractivity contribution in [2.24, 2.45) is 0 Å². The van der Waals surface area contributed by atoms with Crippen LogP contribution < -0.4 is 0 Å². The predicted octanol–water partition coefficient (Wildman–Crippen LogP) is 1.24. The molecule has 1 N–H and O–H groups in total. The van der Waals surface area contributed by atoms with E-state index in [0.717, 1.165) is 4.31 Å². The number of aliphatic hydroxyl groups is 1. The molecule has 0 aromatic carbocycles. The van der Waals surface area contributed by atoms with Crippen molar-refractivity contribution in [3.63, 3.8) is 0 Å². The van der Waals surface area contributed by atoms with Gasteiger partial charge in [0.05, 0.1) is 5.60 Å². The SMILES string of the molecule is CN(CC(C)(C)O)S(=O)(=O)c1cncc(Br)c1. The summed E-state index contributed by atoms with van der Waals surface area (Å²) >= 11 is 3.17. The van der Waals surface area contributed by atoms with Gasteiger partial charge in [0, 0.05) is 30.5 Å². The van der Waals surface area contributed by atoms with E-state index in [9.17, 15) is 13.5 Å². The Bertz CT molecular complexity index is 497. The lowest BCUT2D eigenvalue weighted by atomic mass is 10.1. The Morgan fingerprint density at radius 3 is 2.53 bits per heavy atom. The lowest BCUT2D eigenvalue weighted by molar-refractivity contribution is 0.0640. The zero-order valence-corrected chi connectivity index (χ0v) is 12.3. The molecule has 17 heavy (non-hydrogen) atoms. The number of rotatable bonds is 4. The number of pyridine rings is 1. The maximum Gasteiger partial charge on any atom is 0.244 e. The molecule has 0 fully saturated rings. The van der Waals surface area contributed by atoms with Crippen molar-refractivity contribution in [1.82, 2.24) is 9.29 Å². The van der Waals surface area contributed by atoms with Gasteiger partial charge in [0.15, 0.2) is 0 Å². The number of hydrogen-bond donors (Lipinski definition) is 1. The number of hydrogen-bond acceptors (Lipinski definition) is 4. The number of aromatic nitrogens is 1. The summed E-state index contributed by atoms with van der Waals surface area (Å²) in [5, 5.41) is 9.62. The summed E-state index contributed by atoms with van der Waals surface area (Å²) < 4.78 is 25.9. The first-order valence-corrected chi connectivity index (χ1v) is 7.15. The van der Waals surface area contributed by atoms with Gasteiger partial charge < -0.3 is 5.11 Å². The first-order chi connectivity index (χ1) is 7.63. The molecular weight excluding hydrogens is 308 g/mol. The lowest BCUT2D eigenvalue weighted by Gasteiger charge is -2.24. The Kier molecular flexibility index (Phi) is 4.29. The van der Waals surface area contributed by atoms with E-state index in [1.807, 2.05) is 0 Å². The number of halogens is 1. The lowest BCUT2D eigenvalue weighted by Crippen LogP contribution is -2.39. The highest BCUT2D eigenvalue weighted by atomic mass is 79.9. The molecule has 0 aliphatic rings. The minimum absolute atomic E-state index is 0.0157. The smallest absolute Gasteiger partial charge is 0.244 e. The van der Waals surface area contributed by atoms with Crippen LogP contribution in [0.3, 0.4) is 0 Å². The predicted molar refractivity (Wildman–Crippen MR) is 68.1 cm³/mol. The Morgan fingerprint density at radius 1 is 1.47 bits per heavy atom. The zero-order valence-electron chi connectivity index (χ0n) is 9.88. The first-order valence-electron chi connectivity index (χ1n) is 4.92. The van der Waals surface area contributed by atoms with E-state index in [4.69, 9.17) is 0 Å². The molecule has 1 heterocycles. The van der Waals surface area contributed by atoms with Crippen molar-refractivity contribution in [3.8, 4) is 0 Å². The van der Waals surface area contributed by atoms with Crippen LogP contribution in [0.4, 0.5) is 0 Å². The molecule has 0 atom stereocenters. The normalized spacial score (nSPS) is 13.1. The maximum absolute atomic E-state index is 12.1. The van der Waals surface area contributed by atoms with Gasteiger partial charge in [-0.1, -0.05) is 0 Å². The van der Waals surface area contributed by atoms with E-state index in [-0.39, 0.29) is 11.4 Å². The van der Waals surface area contributed by atoms with Gasteiger partial charge in [-0.05, 0) is 35.8 Å². The summed E-state index contributed by atoms with van der Waals surface area (Å²) in [7, 11) is -2.19. The van der Waals surface area contributed by atoms with Gasteiger partial charge in [-0.3, -0.25) is 4.98 Å². The summed E-state index contributed by atoms with van der Waals surface area (Å²) in [5.74, 6) is 0. The summed E-state index contributed by atoms with van der Waals surface area (Å²) in [6.45, 7) is 3.12. The Morgan fingerprint density at radius 2 is 2.06 bits per heavy atom. The van der Waals surface area contributed by atoms with Crippen molar-refractivity contribution >= 4 is 26.0 Å². The molecule has 1 aromatic rings. The van der Waals surface area contributed by atoms with Crippen molar-refractivity contribution in [2.45, 2.75) is 24.3 Å². The Labute approximate surface area is 110 Å². The van der Waals surface area contributed by atoms with Gasteiger partial charge in [-0.25, -0.2) is 8.42 Å². The van der Waals surface area contributed by atoms with Gasteiger partial charge in [-0.15, -0.1) is 0 Å². The van der Waals surface area contributed by atoms with Gasteiger partial charge in [0.25, 0.3) is 0 Å². The average molecular weight is 323 g/mol. The topological polar surface area (TPSA) is 70.5 Å². The van der Waals surface area contributed by atoms with Crippen LogP contribution in [0.25, 0.3) is 0 Å². The van der Waals surface area contributed by atoms with Crippen LogP contribution in [0.2, 0.25) is 0 Å². The molecular formula is C10H15BrN2O3S. The molecule has 1 rings (SSSR count). The number of likely N-dealkylation sites (N-methyl/N-ethyl adjacent to an activating group) is 1. The Hall–Kier alpha value is -0.500. The maximum atomic E-state index is 12.1. The molecule has 1 aromatic heterocycles. The molecule has 0 amide bonds. The van der Waals surface area contributed by atoms with E-state index in [0.29, 0.717) is 4.47 Å². The molecule has 96 valence electrons. The highest BCUT2D eigenvalue weighted by Gasteiger charge is 2.26. The summed E-state index contributed by atoms with van der Waals surface area (Å²) in [6.07, 6.45) is 2.79. The van der Waals surface area contributed by atoms with Crippen LogP contribution in [0.15, 0.2) is 27.8 Å². The molecule has 0 bridgehead atoms. The van der Waals surface area contributed by atoms with Gasteiger partial charge >= 0.3 is 0 Å². The standard InChI is InChI=1S/C10H15BrN2O3S/c1-10(2,14)7-13(3)17(15,16)9-4-8(11)5-12-6-9/h4-6,14H,7H2,1-3H3. The van der Waals surface area contributed by atoms with Crippen LogP contribution in [0.5, 0.6) is 0 Å². The molecule has 0 aliphatic heterocycles. The summed E-state index contributed by atoms with van der Waals surface area (Å²) in [4.78, 5) is 3.91. The quantitative estimate of drug-likeness (QED) is 0.905. The van der Waals surface area contributed by atoms with E-state index in [1.165, 1.54) is 25.5 Å². The van der Waals surface area contributed by atoms with E-state index < -0.39 is 15.6 Å². The minimum atomic E-state index is -3.61. The average Bonchev–Trinajstić information content (AvgIpc) is 2.15. The third-order valence-electron chi connectivity index (χ3n) is 2.00. The molecule has 5 nitrogen and oxygen atoms in total. The molecule has 0 saturated carbocycles.